The molecule has 0 aliphatic heterocycles. The van der Waals surface area contributed by atoms with Crippen LogP contribution in [-0.4, -0.2) is 20.7 Å². The summed E-state index contributed by atoms with van der Waals surface area (Å²) in [4.78, 5) is 10.7. The summed E-state index contributed by atoms with van der Waals surface area (Å²) in [5, 5.41) is -0.703. The minimum Gasteiger partial charge on any atom is -0.276 e. The summed E-state index contributed by atoms with van der Waals surface area (Å²) in [7, 11) is -2.43. The average Bonchev–Trinajstić information content (AvgIpc) is 2.17. The van der Waals surface area contributed by atoms with E-state index in [1.807, 2.05) is 0 Å². The summed E-state index contributed by atoms with van der Waals surface area (Å²) in [5.41, 5.74) is 0.0786. The molecule has 0 amide bonds. The van der Waals surface area contributed by atoms with Crippen LogP contribution in [0, 0.1) is 0 Å². The molecule has 0 heterocycles. The third-order valence-corrected chi connectivity index (χ3v) is 3.83. The number of nitrogens with one attached hydrogen (secondary N) is 1. The Morgan fingerprint density at radius 3 is 2.47 bits per heavy atom. The van der Waals surface area contributed by atoms with Crippen molar-refractivity contribution in [3.8, 4) is 0 Å². The van der Waals surface area contributed by atoms with Crippen molar-refractivity contribution in [1.29, 1.82) is 0 Å². The molecule has 0 aromatic heterocycles. The van der Waals surface area contributed by atoms with Crippen molar-refractivity contribution in [3.63, 3.8) is 0 Å². The van der Waals surface area contributed by atoms with Gasteiger partial charge in [0.15, 0.2) is 0 Å². The predicted molar refractivity (Wildman–Crippen MR) is 57.9 cm³/mol. The van der Waals surface area contributed by atoms with Crippen LogP contribution in [0.1, 0.15) is 10.4 Å². The van der Waals surface area contributed by atoms with Gasteiger partial charge in [-0.15, -0.1) is 0 Å². The molecule has 0 aliphatic rings. The van der Waals surface area contributed by atoms with E-state index >= 15 is 0 Å². The number of carbonyl (C=O) groups is 1. The predicted octanol–water partition coefficient (Wildman–Crippen LogP) is 1.63. The molecule has 1 aromatic carbocycles. The lowest BCUT2D eigenvalue weighted by Gasteiger charge is -2.05. The molecule has 1 N–H and O–H groups in total. The van der Waals surface area contributed by atoms with E-state index in [2.05, 4.69) is 4.72 Å². The second-order valence-electron chi connectivity index (χ2n) is 2.63. The van der Waals surface area contributed by atoms with Crippen LogP contribution < -0.4 is 4.72 Å². The number of benzene rings is 1. The molecule has 82 valence electrons. The third-order valence-electron chi connectivity index (χ3n) is 1.72. The molecular formula is C8H7Cl2NO3S. The smallest absolute Gasteiger partial charge is 0.252 e. The average molecular weight is 268 g/mol. The van der Waals surface area contributed by atoms with Gasteiger partial charge in [-0.05, 0) is 36.8 Å². The molecular weight excluding hydrogens is 261 g/mol. The standard InChI is InChI=1S/C8H7Cl2NO3S/c1-11-15(13,14)7-4-5(8(10)12)2-3-6(7)9/h2-4,11H,1H3. The molecule has 7 heteroatoms. The first-order valence-electron chi connectivity index (χ1n) is 3.81. The molecule has 4 nitrogen and oxygen atoms in total. The highest BCUT2D eigenvalue weighted by atomic mass is 35.5. The SMILES string of the molecule is CNS(=O)(=O)c1cc(C(=O)Cl)ccc1Cl. The van der Waals surface area contributed by atoms with Crippen molar-refractivity contribution in [2.24, 2.45) is 0 Å². The maximum absolute atomic E-state index is 11.4. The molecule has 0 atom stereocenters. The molecule has 0 fully saturated rings. The Morgan fingerprint density at radius 1 is 1.40 bits per heavy atom. The number of rotatable bonds is 3. The Hall–Kier alpha value is -0.620. The summed E-state index contributed by atoms with van der Waals surface area (Å²) in [6.45, 7) is 0. The van der Waals surface area contributed by atoms with E-state index in [1.165, 1.54) is 19.2 Å². The van der Waals surface area contributed by atoms with Gasteiger partial charge in [0.1, 0.15) is 4.90 Å². The second-order valence-corrected chi connectivity index (χ2v) is 5.23. The number of sulfonamides is 1. The van der Waals surface area contributed by atoms with Crippen LogP contribution in [0.25, 0.3) is 0 Å². The second kappa shape index (κ2) is 4.49. The van der Waals surface area contributed by atoms with Gasteiger partial charge in [0.2, 0.25) is 10.0 Å². The fourth-order valence-corrected chi connectivity index (χ4v) is 2.31. The summed E-state index contributed by atoms with van der Waals surface area (Å²) in [6.07, 6.45) is 0. The van der Waals surface area contributed by atoms with Crippen LogP contribution in [0.4, 0.5) is 0 Å². The van der Waals surface area contributed by atoms with E-state index < -0.39 is 15.3 Å². The van der Waals surface area contributed by atoms with Crippen LogP contribution in [0.5, 0.6) is 0 Å². The van der Waals surface area contributed by atoms with E-state index in [-0.39, 0.29) is 15.5 Å². The van der Waals surface area contributed by atoms with Crippen LogP contribution in [0.15, 0.2) is 23.1 Å². The van der Waals surface area contributed by atoms with Crippen LogP contribution in [0.2, 0.25) is 5.02 Å². The molecule has 15 heavy (non-hydrogen) atoms. The van der Waals surface area contributed by atoms with Crippen molar-refractivity contribution >= 4 is 38.5 Å². The largest absolute Gasteiger partial charge is 0.276 e. The highest BCUT2D eigenvalue weighted by molar-refractivity contribution is 7.89. The zero-order valence-electron chi connectivity index (χ0n) is 7.62. The van der Waals surface area contributed by atoms with E-state index in [4.69, 9.17) is 23.2 Å². The summed E-state index contributed by atoms with van der Waals surface area (Å²) in [5.74, 6) is 0. The number of carbonyl (C=O) groups excluding carboxylic acids is 1. The van der Waals surface area contributed by atoms with Gasteiger partial charge < -0.3 is 0 Å². The minimum atomic E-state index is -3.68. The number of hydrogen-bond donors (Lipinski definition) is 1. The summed E-state index contributed by atoms with van der Waals surface area (Å²) < 4.78 is 25.0. The van der Waals surface area contributed by atoms with Gasteiger partial charge in [-0.25, -0.2) is 13.1 Å². The number of hydrogen-bond acceptors (Lipinski definition) is 3. The van der Waals surface area contributed by atoms with Crippen molar-refractivity contribution in [2.45, 2.75) is 4.90 Å². The van der Waals surface area contributed by atoms with Gasteiger partial charge >= 0.3 is 0 Å². The highest BCUT2D eigenvalue weighted by Crippen LogP contribution is 2.22. The first-order chi connectivity index (χ1) is 6.88. The third kappa shape index (κ3) is 2.69. The van der Waals surface area contributed by atoms with E-state index in [1.54, 1.807) is 0 Å². The fourth-order valence-electron chi connectivity index (χ4n) is 0.942. The first kappa shape index (κ1) is 12.4. The van der Waals surface area contributed by atoms with Crippen molar-refractivity contribution in [3.05, 3.63) is 28.8 Å². The lowest BCUT2D eigenvalue weighted by Crippen LogP contribution is -2.19. The molecule has 0 aliphatic carbocycles. The maximum atomic E-state index is 11.4. The monoisotopic (exact) mass is 267 g/mol. The van der Waals surface area contributed by atoms with Crippen molar-refractivity contribution in [1.82, 2.24) is 4.72 Å². The van der Waals surface area contributed by atoms with Gasteiger partial charge in [-0.1, -0.05) is 11.6 Å². The van der Waals surface area contributed by atoms with Crippen LogP contribution in [0.3, 0.4) is 0 Å². The molecule has 0 saturated heterocycles. The van der Waals surface area contributed by atoms with Gasteiger partial charge in [-0.3, -0.25) is 4.79 Å². The van der Waals surface area contributed by atoms with Gasteiger partial charge in [-0.2, -0.15) is 0 Å². The van der Waals surface area contributed by atoms with Crippen LogP contribution in [-0.2, 0) is 10.0 Å². The van der Waals surface area contributed by atoms with Gasteiger partial charge in [0.25, 0.3) is 5.24 Å². The van der Waals surface area contributed by atoms with Crippen LogP contribution >= 0.6 is 23.2 Å². The Balaban J connectivity index is 3.42. The summed E-state index contributed by atoms with van der Waals surface area (Å²) in [6, 6.07) is 3.79. The lowest BCUT2D eigenvalue weighted by molar-refractivity contribution is 0.108. The zero-order valence-corrected chi connectivity index (χ0v) is 9.95. The Labute approximate surface area is 97.2 Å². The zero-order chi connectivity index (χ0) is 11.6. The first-order valence-corrected chi connectivity index (χ1v) is 6.05. The Morgan fingerprint density at radius 2 is 2.00 bits per heavy atom. The highest BCUT2D eigenvalue weighted by Gasteiger charge is 2.17. The molecule has 1 rings (SSSR count). The van der Waals surface area contributed by atoms with Crippen molar-refractivity contribution < 1.29 is 13.2 Å². The quantitative estimate of drug-likeness (QED) is 0.847. The molecule has 0 unspecified atom stereocenters. The topological polar surface area (TPSA) is 63.2 Å². The lowest BCUT2D eigenvalue weighted by atomic mass is 10.2. The van der Waals surface area contributed by atoms with Gasteiger partial charge in [0, 0.05) is 5.56 Å². The molecule has 0 saturated carbocycles. The minimum absolute atomic E-state index is 0.0333. The van der Waals surface area contributed by atoms with Gasteiger partial charge in [0.05, 0.1) is 5.02 Å². The normalized spacial score (nSPS) is 11.4. The molecule has 0 spiro atoms. The van der Waals surface area contributed by atoms with E-state index in [9.17, 15) is 13.2 Å². The molecule has 0 bridgehead atoms. The Kier molecular flexibility index (Phi) is 3.72. The van der Waals surface area contributed by atoms with Crippen molar-refractivity contribution in [2.75, 3.05) is 7.05 Å². The summed E-state index contributed by atoms with van der Waals surface area (Å²) >= 11 is 10.9. The maximum Gasteiger partial charge on any atom is 0.252 e. The Bertz CT molecular complexity index is 499. The van der Waals surface area contributed by atoms with E-state index in [0.29, 0.717) is 0 Å². The van der Waals surface area contributed by atoms with E-state index in [0.717, 1.165) is 6.07 Å². The molecule has 1 aromatic rings. The number of halogens is 2. The molecule has 0 radical (unpaired) electrons. The fraction of sp³-hybridized carbons (Fsp3) is 0.125.